The molecular weight excluding hydrogens is 494 g/mol. The molecule has 9 heteroatoms. The smallest absolute Gasteiger partial charge is 0.264 e. The molecule has 7 nitrogen and oxygen atoms in total. The molecule has 1 amide bonds. The Kier molecular flexibility index (Phi) is 6.04. The zero-order valence-corrected chi connectivity index (χ0v) is 20.5. The first kappa shape index (κ1) is 22.6. The van der Waals surface area contributed by atoms with Crippen molar-refractivity contribution in [2.45, 2.75) is 16.4 Å². The van der Waals surface area contributed by atoms with Crippen LogP contribution in [0.5, 0.6) is 5.75 Å². The number of allylic oxidation sites excluding steroid dienone is 3. The monoisotopic (exact) mass is 513 g/mol. The summed E-state index contributed by atoms with van der Waals surface area (Å²) in [5.41, 5.74) is 3.96. The van der Waals surface area contributed by atoms with Crippen LogP contribution in [0.1, 0.15) is 6.04 Å². The van der Waals surface area contributed by atoms with Crippen molar-refractivity contribution in [1.29, 1.82) is 0 Å². The third-order valence-electron chi connectivity index (χ3n) is 5.91. The van der Waals surface area contributed by atoms with Crippen LogP contribution in [0, 0.1) is 0 Å². The zero-order chi connectivity index (χ0) is 24.5. The number of anilines is 1. The molecule has 2 aromatic carbocycles. The number of rotatable bonds is 6. The molecule has 178 valence electrons. The molecule has 1 N–H and O–H groups in total. The zero-order valence-electron chi connectivity index (χ0n) is 18.9. The van der Waals surface area contributed by atoms with Crippen LogP contribution >= 0.6 is 23.4 Å². The van der Waals surface area contributed by atoms with Crippen molar-refractivity contribution in [3.63, 3.8) is 0 Å². The van der Waals surface area contributed by atoms with Gasteiger partial charge in [-0.2, -0.15) is 0 Å². The van der Waals surface area contributed by atoms with E-state index in [9.17, 15) is 4.79 Å². The average molecular weight is 514 g/mol. The first-order chi connectivity index (χ1) is 17.7. The molecule has 0 saturated heterocycles. The molecule has 4 aromatic rings. The number of aromatic nitrogens is 4. The normalized spacial score (nSPS) is 17.5. The van der Waals surface area contributed by atoms with Gasteiger partial charge in [0.1, 0.15) is 5.75 Å². The SMILES string of the molecule is O=C(COc1ccc(-c2c(-c3ccc(Cl)cc3)nc3n2C2C=CC=CC2S3)cc1)Nc1ncccn1. The van der Waals surface area contributed by atoms with Gasteiger partial charge in [0.2, 0.25) is 5.95 Å². The number of nitrogens with one attached hydrogen (secondary N) is 1. The van der Waals surface area contributed by atoms with Gasteiger partial charge in [-0.25, -0.2) is 15.0 Å². The van der Waals surface area contributed by atoms with E-state index in [1.54, 1.807) is 30.2 Å². The van der Waals surface area contributed by atoms with E-state index in [-0.39, 0.29) is 24.5 Å². The Hall–Kier alpha value is -3.88. The van der Waals surface area contributed by atoms with Gasteiger partial charge < -0.3 is 9.30 Å². The van der Waals surface area contributed by atoms with Crippen molar-refractivity contribution >= 4 is 35.2 Å². The fourth-order valence-corrected chi connectivity index (χ4v) is 5.64. The number of fused-ring (bicyclic) bond motifs is 3. The first-order valence-electron chi connectivity index (χ1n) is 11.4. The van der Waals surface area contributed by atoms with Crippen LogP contribution in [0.25, 0.3) is 22.5 Å². The van der Waals surface area contributed by atoms with Crippen molar-refractivity contribution in [3.8, 4) is 28.3 Å². The van der Waals surface area contributed by atoms with Crippen LogP contribution in [0.2, 0.25) is 5.02 Å². The summed E-state index contributed by atoms with van der Waals surface area (Å²) in [5.74, 6) is 0.502. The van der Waals surface area contributed by atoms with Crippen LogP contribution in [-0.2, 0) is 4.79 Å². The van der Waals surface area contributed by atoms with E-state index < -0.39 is 0 Å². The molecule has 6 rings (SSSR count). The second kappa shape index (κ2) is 9.64. The molecule has 3 heterocycles. The topological polar surface area (TPSA) is 81.9 Å². The maximum Gasteiger partial charge on any atom is 0.264 e. The van der Waals surface area contributed by atoms with Gasteiger partial charge in [0.15, 0.2) is 11.8 Å². The lowest BCUT2D eigenvalue weighted by molar-refractivity contribution is -0.118. The van der Waals surface area contributed by atoms with Crippen LogP contribution < -0.4 is 10.1 Å². The Bertz CT molecular complexity index is 1470. The number of carbonyl (C=O) groups is 1. The fraction of sp³-hybridized carbons (Fsp3) is 0.111. The highest BCUT2D eigenvalue weighted by molar-refractivity contribution is 8.00. The van der Waals surface area contributed by atoms with Gasteiger partial charge in [-0.1, -0.05) is 59.8 Å². The van der Waals surface area contributed by atoms with Crippen LogP contribution in [-0.4, -0.2) is 37.3 Å². The van der Waals surface area contributed by atoms with Gasteiger partial charge in [0, 0.05) is 28.5 Å². The highest BCUT2D eigenvalue weighted by Gasteiger charge is 2.36. The van der Waals surface area contributed by atoms with Crippen molar-refractivity contribution in [2.24, 2.45) is 0 Å². The Morgan fingerprint density at radius 2 is 1.72 bits per heavy atom. The molecule has 1 aliphatic carbocycles. The lowest BCUT2D eigenvalue weighted by atomic mass is 10.0. The minimum atomic E-state index is -0.330. The maximum atomic E-state index is 12.2. The number of carbonyl (C=O) groups excluding carboxylic acids is 1. The second-order valence-electron chi connectivity index (χ2n) is 8.24. The first-order valence-corrected chi connectivity index (χ1v) is 12.6. The summed E-state index contributed by atoms with van der Waals surface area (Å²) < 4.78 is 8.00. The lowest BCUT2D eigenvalue weighted by Gasteiger charge is -2.19. The van der Waals surface area contributed by atoms with Crippen molar-refractivity contribution < 1.29 is 9.53 Å². The van der Waals surface area contributed by atoms with Crippen LogP contribution in [0.4, 0.5) is 5.95 Å². The molecule has 0 fully saturated rings. The Balaban J connectivity index is 1.27. The number of hydrogen-bond acceptors (Lipinski definition) is 6. The van der Waals surface area contributed by atoms with E-state index in [0.717, 1.165) is 27.7 Å². The number of benzene rings is 2. The number of ether oxygens (including phenoxy) is 1. The fourth-order valence-electron chi connectivity index (χ4n) is 4.28. The molecule has 1 aliphatic heterocycles. The van der Waals surface area contributed by atoms with E-state index in [2.05, 4.69) is 44.2 Å². The molecule has 2 atom stereocenters. The van der Waals surface area contributed by atoms with Gasteiger partial charge in [-0.15, -0.1) is 0 Å². The third kappa shape index (κ3) is 4.41. The largest absolute Gasteiger partial charge is 0.484 e. The highest BCUT2D eigenvalue weighted by atomic mass is 35.5. The number of thioether (sulfide) groups is 1. The summed E-state index contributed by atoms with van der Waals surface area (Å²) in [6.45, 7) is -0.146. The average Bonchev–Trinajstić information content (AvgIpc) is 3.45. The van der Waals surface area contributed by atoms with E-state index in [0.29, 0.717) is 16.0 Å². The predicted octanol–water partition coefficient (Wildman–Crippen LogP) is 5.82. The van der Waals surface area contributed by atoms with Gasteiger partial charge in [0.05, 0.1) is 22.7 Å². The Morgan fingerprint density at radius 1 is 1.00 bits per heavy atom. The van der Waals surface area contributed by atoms with Gasteiger partial charge in [0.25, 0.3) is 5.91 Å². The number of nitrogens with zero attached hydrogens (tertiary/aromatic N) is 4. The predicted molar refractivity (Wildman–Crippen MR) is 141 cm³/mol. The van der Waals surface area contributed by atoms with E-state index in [4.69, 9.17) is 21.3 Å². The molecule has 0 bridgehead atoms. The number of hydrogen-bond donors (Lipinski definition) is 1. The van der Waals surface area contributed by atoms with Crippen LogP contribution in [0.15, 0.2) is 96.5 Å². The van der Waals surface area contributed by atoms with E-state index in [1.165, 1.54) is 0 Å². The minimum Gasteiger partial charge on any atom is -0.484 e. The lowest BCUT2D eigenvalue weighted by Crippen LogP contribution is -2.21. The highest BCUT2D eigenvalue weighted by Crippen LogP contribution is 2.48. The Labute approximate surface area is 216 Å². The molecule has 0 radical (unpaired) electrons. The van der Waals surface area contributed by atoms with Crippen molar-refractivity contribution in [3.05, 3.63) is 96.3 Å². The van der Waals surface area contributed by atoms with Gasteiger partial charge in [-0.3, -0.25) is 10.1 Å². The second-order valence-corrected chi connectivity index (χ2v) is 9.83. The molecule has 36 heavy (non-hydrogen) atoms. The number of halogens is 1. The summed E-state index contributed by atoms with van der Waals surface area (Å²) in [7, 11) is 0. The van der Waals surface area contributed by atoms with E-state index in [1.807, 2.05) is 48.5 Å². The maximum absolute atomic E-state index is 12.2. The van der Waals surface area contributed by atoms with Crippen molar-refractivity contribution in [2.75, 3.05) is 11.9 Å². The molecule has 0 saturated carbocycles. The summed E-state index contributed by atoms with van der Waals surface area (Å²) >= 11 is 7.91. The Morgan fingerprint density at radius 3 is 2.50 bits per heavy atom. The standard InChI is InChI=1S/C27H20ClN5O2S/c28-19-10-6-17(7-11-19)24-25(33-21-4-1-2-5-22(21)36-27(33)32-24)18-8-12-20(13-9-18)35-16-23(34)31-26-29-14-3-15-30-26/h1-15,21-22H,16H2,(H,29,30,31,34). The third-order valence-corrected chi connectivity index (χ3v) is 7.37. The number of imidazole rings is 1. The summed E-state index contributed by atoms with van der Waals surface area (Å²) in [5, 5.41) is 4.61. The summed E-state index contributed by atoms with van der Waals surface area (Å²) in [6.07, 6.45) is 11.7. The molecule has 2 aromatic heterocycles. The van der Waals surface area contributed by atoms with Gasteiger partial charge >= 0.3 is 0 Å². The molecule has 2 unspecified atom stereocenters. The van der Waals surface area contributed by atoms with Gasteiger partial charge in [-0.05, 0) is 42.5 Å². The van der Waals surface area contributed by atoms with E-state index >= 15 is 0 Å². The molecule has 2 aliphatic rings. The van der Waals surface area contributed by atoms with Crippen molar-refractivity contribution in [1.82, 2.24) is 19.5 Å². The minimum absolute atomic E-state index is 0.146. The quantitative estimate of drug-likeness (QED) is 0.350. The molecular formula is C27H20ClN5O2S. The summed E-state index contributed by atoms with van der Waals surface area (Å²) in [6, 6.07) is 17.4. The summed E-state index contributed by atoms with van der Waals surface area (Å²) in [4.78, 5) is 25.2. The van der Waals surface area contributed by atoms with Crippen LogP contribution in [0.3, 0.4) is 0 Å². The molecule has 0 spiro atoms. The number of amides is 1.